The zero-order valence-electron chi connectivity index (χ0n) is 11.8. The topological polar surface area (TPSA) is 65.6 Å². The second kappa shape index (κ2) is 5.47. The van der Waals surface area contributed by atoms with Crippen molar-refractivity contribution in [2.45, 2.75) is 0 Å². The Balaban J connectivity index is 1.83. The molecule has 0 aliphatic carbocycles. The van der Waals surface area contributed by atoms with Gasteiger partial charge in [0.2, 0.25) is 6.41 Å². The molecule has 1 aliphatic heterocycles. The summed E-state index contributed by atoms with van der Waals surface area (Å²) in [6.07, 6.45) is 0.829. The molecule has 2 amide bonds. The smallest absolute Gasteiger partial charge is 0.270 e. The molecule has 1 aliphatic rings. The van der Waals surface area contributed by atoms with Crippen molar-refractivity contribution in [3.8, 4) is 5.75 Å². The van der Waals surface area contributed by atoms with E-state index in [0.717, 1.165) is 23.1 Å². The monoisotopic (exact) mass is 287 g/mol. The van der Waals surface area contributed by atoms with E-state index in [1.165, 1.54) is 0 Å². The molecular formula is C15H17N3O3. The van der Waals surface area contributed by atoms with Crippen LogP contribution >= 0.6 is 0 Å². The van der Waals surface area contributed by atoms with E-state index in [9.17, 15) is 9.59 Å². The van der Waals surface area contributed by atoms with Crippen LogP contribution in [0.4, 0.5) is 0 Å². The van der Waals surface area contributed by atoms with Gasteiger partial charge in [-0.25, -0.2) is 0 Å². The number of H-pyrrole nitrogens is 1. The summed E-state index contributed by atoms with van der Waals surface area (Å²) in [7, 11) is 1.61. The molecule has 6 nitrogen and oxygen atoms in total. The lowest BCUT2D eigenvalue weighted by Crippen LogP contribution is -2.48. The van der Waals surface area contributed by atoms with Gasteiger partial charge in [0.05, 0.1) is 7.11 Å². The largest absolute Gasteiger partial charge is 0.496 e. The SMILES string of the molecule is COc1cccc2[nH]c(C(=O)N3CCN(C=O)CC3)cc12. The summed E-state index contributed by atoms with van der Waals surface area (Å²) in [6.45, 7) is 2.28. The Morgan fingerprint density at radius 1 is 1.29 bits per heavy atom. The van der Waals surface area contributed by atoms with Crippen molar-refractivity contribution < 1.29 is 14.3 Å². The van der Waals surface area contributed by atoms with Gasteiger partial charge in [-0.2, -0.15) is 0 Å². The Hall–Kier alpha value is -2.50. The van der Waals surface area contributed by atoms with Crippen LogP contribution in [0.3, 0.4) is 0 Å². The molecule has 21 heavy (non-hydrogen) atoms. The fraction of sp³-hybridized carbons (Fsp3) is 0.333. The highest BCUT2D eigenvalue weighted by molar-refractivity contribution is 5.99. The third-order valence-electron chi connectivity index (χ3n) is 3.83. The Morgan fingerprint density at radius 3 is 2.71 bits per heavy atom. The molecule has 2 heterocycles. The number of carbonyl (C=O) groups excluding carboxylic acids is 2. The third-order valence-corrected chi connectivity index (χ3v) is 3.83. The van der Waals surface area contributed by atoms with Crippen LogP contribution in [0.25, 0.3) is 10.9 Å². The molecule has 0 spiro atoms. The van der Waals surface area contributed by atoms with Gasteiger partial charge in [-0.3, -0.25) is 9.59 Å². The number of ether oxygens (including phenoxy) is 1. The van der Waals surface area contributed by atoms with Gasteiger partial charge in [-0.15, -0.1) is 0 Å². The van der Waals surface area contributed by atoms with Gasteiger partial charge in [-0.1, -0.05) is 6.07 Å². The summed E-state index contributed by atoms with van der Waals surface area (Å²) < 4.78 is 5.30. The van der Waals surface area contributed by atoms with Gasteiger partial charge < -0.3 is 19.5 Å². The Labute approximate surface area is 122 Å². The molecule has 2 aromatic rings. The summed E-state index contributed by atoms with van der Waals surface area (Å²) >= 11 is 0. The van der Waals surface area contributed by atoms with Gasteiger partial charge in [0.15, 0.2) is 0 Å². The number of methoxy groups -OCH3 is 1. The van der Waals surface area contributed by atoms with Crippen LogP contribution in [0, 0.1) is 0 Å². The van der Waals surface area contributed by atoms with Crippen LogP contribution in [-0.4, -0.2) is 60.4 Å². The minimum absolute atomic E-state index is 0.0428. The van der Waals surface area contributed by atoms with Crippen LogP contribution < -0.4 is 4.74 Å². The molecule has 1 aromatic heterocycles. The minimum Gasteiger partial charge on any atom is -0.496 e. The molecule has 1 aromatic carbocycles. The molecule has 1 saturated heterocycles. The first kappa shape index (κ1) is 13.5. The number of amides is 2. The van der Waals surface area contributed by atoms with E-state index in [2.05, 4.69) is 4.98 Å². The maximum Gasteiger partial charge on any atom is 0.270 e. The van der Waals surface area contributed by atoms with Gasteiger partial charge in [0.1, 0.15) is 11.4 Å². The first-order valence-corrected chi connectivity index (χ1v) is 6.87. The van der Waals surface area contributed by atoms with E-state index < -0.39 is 0 Å². The van der Waals surface area contributed by atoms with Crippen molar-refractivity contribution in [2.75, 3.05) is 33.3 Å². The summed E-state index contributed by atoms with van der Waals surface area (Å²) in [6, 6.07) is 7.49. The number of rotatable bonds is 3. The van der Waals surface area contributed by atoms with Crippen molar-refractivity contribution in [3.63, 3.8) is 0 Å². The minimum atomic E-state index is -0.0428. The van der Waals surface area contributed by atoms with Crippen molar-refractivity contribution in [3.05, 3.63) is 30.0 Å². The van der Waals surface area contributed by atoms with Crippen LogP contribution in [0.2, 0.25) is 0 Å². The van der Waals surface area contributed by atoms with E-state index in [0.29, 0.717) is 31.9 Å². The number of nitrogens with zero attached hydrogens (tertiary/aromatic N) is 2. The second-order valence-electron chi connectivity index (χ2n) is 5.04. The summed E-state index contributed by atoms with van der Waals surface area (Å²) in [5.74, 6) is 0.701. The number of carbonyl (C=O) groups is 2. The fourth-order valence-electron chi connectivity index (χ4n) is 2.62. The number of aromatic nitrogens is 1. The number of aromatic amines is 1. The predicted octanol–water partition coefficient (Wildman–Crippen LogP) is 1.09. The average Bonchev–Trinajstić information content (AvgIpc) is 2.98. The summed E-state index contributed by atoms with van der Waals surface area (Å²) in [5, 5.41) is 0.898. The Bertz CT molecular complexity index is 672. The van der Waals surface area contributed by atoms with E-state index in [1.54, 1.807) is 16.9 Å². The van der Waals surface area contributed by atoms with Gasteiger partial charge >= 0.3 is 0 Å². The van der Waals surface area contributed by atoms with Crippen LogP contribution in [-0.2, 0) is 4.79 Å². The third kappa shape index (κ3) is 2.44. The first-order chi connectivity index (χ1) is 10.2. The number of hydrogen-bond donors (Lipinski definition) is 1. The zero-order valence-corrected chi connectivity index (χ0v) is 11.8. The van der Waals surface area contributed by atoms with Gasteiger partial charge in [0.25, 0.3) is 5.91 Å². The highest BCUT2D eigenvalue weighted by Crippen LogP contribution is 2.26. The molecule has 1 N–H and O–H groups in total. The van der Waals surface area contributed by atoms with Crippen LogP contribution in [0.5, 0.6) is 5.75 Å². The average molecular weight is 287 g/mol. The van der Waals surface area contributed by atoms with Crippen LogP contribution in [0.1, 0.15) is 10.5 Å². The van der Waals surface area contributed by atoms with E-state index in [-0.39, 0.29) is 5.91 Å². The number of nitrogens with one attached hydrogen (secondary N) is 1. The normalized spacial score (nSPS) is 15.3. The zero-order chi connectivity index (χ0) is 14.8. The standard InChI is InChI=1S/C15H17N3O3/c1-21-14-4-2-3-12-11(14)9-13(16-12)15(20)18-7-5-17(10-19)6-8-18/h2-4,9-10,16H,5-8H2,1H3. The van der Waals surface area contributed by atoms with E-state index in [1.807, 2.05) is 24.3 Å². The molecule has 1 fully saturated rings. The molecule has 0 saturated carbocycles. The van der Waals surface area contributed by atoms with Crippen molar-refractivity contribution in [1.29, 1.82) is 0 Å². The summed E-state index contributed by atoms with van der Waals surface area (Å²) in [5.41, 5.74) is 1.43. The molecule has 6 heteroatoms. The lowest BCUT2D eigenvalue weighted by atomic mass is 10.2. The maximum absolute atomic E-state index is 12.5. The molecule has 0 radical (unpaired) electrons. The highest BCUT2D eigenvalue weighted by Gasteiger charge is 2.22. The van der Waals surface area contributed by atoms with Crippen molar-refractivity contribution >= 4 is 23.2 Å². The van der Waals surface area contributed by atoms with Crippen molar-refractivity contribution in [2.24, 2.45) is 0 Å². The quantitative estimate of drug-likeness (QED) is 0.859. The number of fused-ring (bicyclic) bond motifs is 1. The lowest BCUT2D eigenvalue weighted by molar-refractivity contribution is -0.119. The molecule has 0 bridgehead atoms. The number of piperazine rings is 1. The summed E-state index contributed by atoms with van der Waals surface area (Å²) in [4.78, 5) is 29.8. The van der Waals surface area contributed by atoms with Crippen molar-refractivity contribution in [1.82, 2.24) is 14.8 Å². The number of benzene rings is 1. The Kier molecular flexibility index (Phi) is 3.51. The molecule has 0 unspecified atom stereocenters. The predicted molar refractivity (Wildman–Crippen MR) is 78.4 cm³/mol. The van der Waals surface area contributed by atoms with Crippen LogP contribution in [0.15, 0.2) is 24.3 Å². The second-order valence-corrected chi connectivity index (χ2v) is 5.04. The molecule has 3 rings (SSSR count). The van der Waals surface area contributed by atoms with E-state index >= 15 is 0 Å². The van der Waals surface area contributed by atoms with Gasteiger partial charge in [-0.05, 0) is 18.2 Å². The molecule has 110 valence electrons. The molecule has 0 atom stereocenters. The Morgan fingerprint density at radius 2 is 2.05 bits per heavy atom. The van der Waals surface area contributed by atoms with Gasteiger partial charge in [0, 0.05) is 37.1 Å². The first-order valence-electron chi connectivity index (χ1n) is 6.87. The number of hydrogen-bond acceptors (Lipinski definition) is 3. The van der Waals surface area contributed by atoms with E-state index in [4.69, 9.17) is 4.74 Å². The lowest BCUT2D eigenvalue weighted by Gasteiger charge is -2.32. The maximum atomic E-state index is 12.5. The fourth-order valence-corrected chi connectivity index (χ4v) is 2.62. The highest BCUT2D eigenvalue weighted by atomic mass is 16.5. The molecular weight excluding hydrogens is 270 g/mol.